The van der Waals surface area contributed by atoms with Gasteiger partial charge in [-0.1, -0.05) is 32.4 Å². The fourth-order valence-corrected chi connectivity index (χ4v) is 3.18. The van der Waals surface area contributed by atoms with Crippen LogP contribution in [0.4, 0.5) is 0 Å². The summed E-state index contributed by atoms with van der Waals surface area (Å²) in [4.78, 5) is 12.1. The normalized spacial score (nSPS) is 12.4. The molecule has 0 heterocycles. The average Bonchev–Trinajstić information content (AvgIpc) is 2.37. The van der Waals surface area contributed by atoms with Crippen molar-refractivity contribution in [3.63, 3.8) is 0 Å². The Morgan fingerprint density at radius 1 is 1.33 bits per heavy atom. The van der Waals surface area contributed by atoms with Gasteiger partial charge in [0.05, 0.1) is 11.6 Å². The second kappa shape index (κ2) is 6.87. The Labute approximate surface area is 130 Å². The fraction of sp³-hybridized carbons (Fsp3) is 0.500. The highest BCUT2D eigenvalue weighted by Crippen LogP contribution is 2.27. The zero-order chi connectivity index (χ0) is 16.3. The van der Waals surface area contributed by atoms with Crippen molar-refractivity contribution in [2.24, 2.45) is 5.41 Å². The van der Waals surface area contributed by atoms with Crippen LogP contribution in [-0.4, -0.2) is 34.5 Å². The molecule has 7 heteroatoms. The van der Waals surface area contributed by atoms with E-state index < -0.39 is 15.4 Å². The van der Waals surface area contributed by atoms with Gasteiger partial charge in [-0.3, -0.25) is 4.79 Å². The molecule has 21 heavy (non-hydrogen) atoms. The molecule has 118 valence electrons. The minimum Gasteiger partial charge on any atom is -0.383 e. The number of Topliss-reactive ketones (excluding diaryl/α,β-unsaturated/α-hetero) is 1. The highest BCUT2D eigenvalue weighted by atomic mass is 35.5. The van der Waals surface area contributed by atoms with Crippen molar-refractivity contribution >= 4 is 27.4 Å². The molecule has 0 aliphatic heterocycles. The van der Waals surface area contributed by atoms with Crippen LogP contribution in [0.25, 0.3) is 0 Å². The fourth-order valence-electron chi connectivity index (χ4n) is 1.64. The van der Waals surface area contributed by atoms with Crippen LogP contribution >= 0.6 is 11.6 Å². The predicted molar refractivity (Wildman–Crippen MR) is 82.3 cm³/mol. The molecular formula is C14H20ClNO4S. The summed E-state index contributed by atoms with van der Waals surface area (Å²) in [5.74, 6) is -0.146. The molecule has 1 aromatic carbocycles. The smallest absolute Gasteiger partial charge is 0.242 e. The molecule has 0 spiro atoms. The minimum absolute atomic E-state index is 0.0744. The molecule has 0 atom stereocenters. The largest absolute Gasteiger partial charge is 0.383 e. The average molecular weight is 334 g/mol. The van der Waals surface area contributed by atoms with E-state index in [2.05, 4.69) is 4.72 Å². The first-order chi connectivity index (χ1) is 9.59. The Kier molecular flexibility index (Phi) is 5.92. The number of hydrogen-bond donors (Lipinski definition) is 1. The lowest BCUT2D eigenvalue weighted by Gasteiger charge is -2.17. The molecule has 0 fully saturated rings. The molecule has 0 saturated heterocycles. The van der Waals surface area contributed by atoms with Crippen molar-refractivity contribution in [1.29, 1.82) is 0 Å². The van der Waals surface area contributed by atoms with Gasteiger partial charge >= 0.3 is 0 Å². The zero-order valence-electron chi connectivity index (χ0n) is 12.6. The van der Waals surface area contributed by atoms with Gasteiger partial charge in [-0.2, -0.15) is 0 Å². The summed E-state index contributed by atoms with van der Waals surface area (Å²) in [5, 5.41) is 0.0744. The van der Waals surface area contributed by atoms with Gasteiger partial charge in [-0.25, -0.2) is 13.1 Å². The highest BCUT2D eigenvalue weighted by Gasteiger charge is 2.25. The summed E-state index contributed by atoms with van der Waals surface area (Å²) in [6, 6.07) is 4.26. The van der Waals surface area contributed by atoms with Crippen LogP contribution in [0.5, 0.6) is 0 Å². The number of methoxy groups -OCH3 is 1. The number of hydrogen-bond acceptors (Lipinski definition) is 4. The SMILES string of the molecule is COCCNS(=O)(=O)c1cc(C(=O)C(C)(C)C)ccc1Cl. The molecule has 1 aromatic rings. The van der Waals surface area contributed by atoms with Gasteiger partial charge in [0.2, 0.25) is 10.0 Å². The zero-order valence-corrected chi connectivity index (χ0v) is 14.1. The quantitative estimate of drug-likeness (QED) is 0.641. The lowest BCUT2D eigenvalue weighted by atomic mass is 9.87. The van der Waals surface area contributed by atoms with Gasteiger partial charge in [0, 0.05) is 24.6 Å². The van der Waals surface area contributed by atoms with E-state index in [-0.39, 0.29) is 28.9 Å². The number of ether oxygens (including phenoxy) is 1. The van der Waals surface area contributed by atoms with Crippen molar-refractivity contribution in [2.75, 3.05) is 20.3 Å². The van der Waals surface area contributed by atoms with E-state index in [1.54, 1.807) is 20.8 Å². The van der Waals surface area contributed by atoms with Gasteiger partial charge in [0.1, 0.15) is 4.90 Å². The third-order valence-corrected chi connectivity index (χ3v) is 4.70. The lowest BCUT2D eigenvalue weighted by molar-refractivity contribution is 0.0858. The van der Waals surface area contributed by atoms with Crippen molar-refractivity contribution in [3.05, 3.63) is 28.8 Å². The van der Waals surface area contributed by atoms with E-state index >= 15 is 0 Å². The van der Waals surface area contributed by atoms with Crippen molar-refractivity contribution < 1.29 is 17.9 Å². The van der Waals surface area contributed by atoms with E-state index in [1.807, 2.05) is 0 Å². The van der Waals surface area contributed by atoms with Gasteiger partial charge in [0.25, 0.3) is 0 Å². The Hall–Kier alpha value is -0.950. The summed E-state index contributed by atoms with van der Waals surface area (Å²) in [7, 11) is -2.30. The van der Waals surface area contributed by atoms with Crippen LogP contribution in [0.1, 0.15) is 31.1 Å². The van der Waals surface area contributed by atoms with E-state index in [0.29, 0.717) is 5.56 Å². The molecule has 0 radical (unpaired) electrons. The number of rotatable bonds is 6. The number of ketones is 1. The Morgan fingerprint density at radius 2 is 1.95 bits per heavy atom. The van der Waals surface area contributed by atoms with Crippen LogP contribution < -0.4 is 4.72 Å². The molecule has 5 nitrogen and oxygen atoms in total. The monoisotopic (exact) mass is 333 g/mol. The second-order valence-electron chi connectivity index (χ2n) is 5.61. The molecule has 0 saturated carbocycles. The molecule has 0 bridgehead atoms. The molecule has 0 aromatic heterocycles. The van der Waals surface area contributed by atoms with E-state index in [9.17, 15) is 13.2 Å². The third-order valence-electron chi connectivity index (χ3n) is 2.76. The van der Waals surface area contributed by atoms with Crippen molar-refractivity contribution in [2.45, 2.75) is 25.7 Å². The number of nitrogens with one attached hydrogen (secondary N) is 1. The number of halogens is 1. The number of benzene rings is 1. The van der Waals surface area contributed by atoms with Crippen LogP contribution in [-0.2, 0) is 14.8 Å². The van der Waals surface area contributed by atoms with Gasteiger partial charge in [-0.05, 0) is 18.2 Å². The van der Waals surface area contributed by atoms with Crippen LogP contribution in [0.15, 0.2) is 23.1 Å². The molecule has 1 N–H and O–H groups in total. The number of carbonyl (C=O) groups excluding carboxylic acids is 1. The Bertz CT molecular complexity index is 620. The van der Waals surface area contributed by atoms with E-state index in [0.717, 1.165) is 0 Å². The Balaban J connectivity index is 3.17. The van der Waals surface area contributed by atoms with Crippen molar-refractivity contribution in [3.8, 4) is 0 Å². The molecule has 1 rings (SSSR count). The topological polar surface area (TPSA) is 72.5 Å². The molecular weight excluding hydrogens is 314 g/mol. The summed E-state index contributed by atoms with van der Waals surface area (Å²) in [6.45, 7) is 5.70. The third kappa shape index (κ3) is 4.78. The molecule has 0 aliphatic rings. The second-order valence-corrected chi connectivity index (χ2v) is 7.76. The Morgan fingerprint density at radius 3 is 2.48 bits per heavy atom. The maximum atomic E-state index is 12.2. The first kappa shape index (κ1) is 18.1. The summed E-state index contributed by atoms with van der Waals surface area (Å²) in [6.07, 6.45) is 0. The molecule has 0 aliphatic carbocycles. The van der Waals surface area contributed by atoms with Gasteiger partial charge < -0.3 is 4.74 Å². The molecule has 0 amide bonds. The van der Waals surface area contributed by atoms with Crippen LogP contribution in [0.3, 0.4) is 0 Å². The van der Waals surface area contributed by atoms with Crippen LogP contribution in [0.2, 0.25) is 5.02 Å². The maximum Gasteiger partial charge on any atom is 0.242 e. The minimum atomic E-state index is -3.78. The maximum absolute atomic E-state index is 12.2. The lowest BCUT2D eigenvalue weighted by Crippen LogP contribution is -2.28. The first-order valence-electron chi connectivity index (χ1n) is 6.42. The van der Waals surface area contributed by atoms with Crippen LogP contribution in [0, 0.1) is 5.41 Å². The van der Waals surface area contributed by atoms with Gasteiger partial charge in [0.15, 0.2) is 5.78 Å². The predicted octanol–water partition coefficient (Wildman–Crippen LogP) is 2.49. The number of sulfonamides is 1. The highest BCUT2D eigenvalue weighted by molar-refractivity contribution is 7.89. The molecule has 0 unspecified atom stereocenters. The van der Waals surface area contributed by atoms with Crippen molar-refractivity contribution in [1.82, 2.24) is 4.72 Å². The summed E-state index contributed by atoms with van der Waals surface area (Å²) >= 11 is 5.95. The van der Waals surface area contributed by atoms with E-state index in [1.165, 1.54) is 25.3 Å². The first-order valence-corrected chi connectivity index (χ1v) is 8.28. The standard InChI is InChI=1S/C14H20ClNO4S/c1-14(2,3)13(17)10-5-6-11(15)12(9-10)21(18,19)16-7-8-20-4/h5-6,9,16H,7-8H2,1-4H3. The summed E-state index contributed by atoms with van der Waals surface area (Å²) in [5.41, 5.74) is -0.280. The van der Waals surface area contributed by atoms with E-state index in [4.69, 9.17) is 16.3 Å². The number of carbonyl (C=O) groups is 1. The summed E-state index contributed by atoms with van der Waals surface area (Å²) < 4.78 is 31.5. The van der Waals surface area contributed by atoms with Gasteiger partial charge in [-0.15, -0.1) is 0 Å².